The number of nitrogens with two attached hydrogens (primary N) is 4. The maximum Gasteiger partial charge on any atom is 0.272 e. The summed E-state index contributed by atoms with van der Waals surface area (Å²) in [6.45, 7) is 1.11. The Labute approximate surface area is 222 Å². The summed E-state index contributed by atoms with van der Waals surface area (Å²) in [5.41, 5.74) is 24.2. The molecule has 4 rings (SSSR count). The maximum atomic E-state index is 12.9. The standard InChI is InChI=1S/C25H29N11O3/c26-24(27)32-7-5-30-21(37)13-1-3-17-14(9-13)11-20(36-17)23(39)34-16-2-4-18-15(10-16)12-19(35-18)22(38)31-6-8-33-25(28)29/h1-4,9-12,35-36H,5-8H2,(H,30,37)(H,31,38)(H,34,39)(H4,26,27,32)(H4,28,29,33). The molecule has 39 heavy (non-hydrogen) atoms. The number of aromatic nitrogens is 2. The van der Waals surface area contributed by atoms with E-state index in [1.165, 1.54) is 0 Å². The molecular formula is C25H29N11O3. The Bertz CT molecular complexity index is 1590. The Morgan fingerprint density at radius 1 is 0.667 bits per heavy atom. The molecule has 2 aromatic carbocycles. The number of nitrogens with one attached hydrogen (secondary N) is 5. The van der Waals surface area contributed by atoms with E-state index in [1.54, 1.807) is 48.5 Å². The molecule has 0 unspecified atom stereocenters. The lowest BCUT2D eigenvalue weighted by Crippen LogP contribution is -2.28. The number of amides is 3. The summed E-state index contributed by atoms with van der Waals surface area (Å²) in [5, 5.41) is 9.75. The number of benzene rings is 2. The Balaban J connectivity index is 1.40. The van der Waals surface area contributed by atoms with Crippen molar-refractivity contribution in [2.45, 2.75) is 0 Å². The zero-order valence-corrected chi connectivity index (χ0v) is 20.9. The van der Waals surface area contributed by atoms with Crippen molar-refractivity contribution < 1.29 is 14.4 Å². The zero-order chi connectivity index (χ0) is 27.9. The third kappa shape index (κ3) is 6.82. The number of guanidine groups is 2. The highest BCUT2D eigenvalue weighted by molar-refractivity contribution is 6.08. The van der Waals surface area contributed by atoms with Gasteiger partial charge in [0, 0.05) is 46.1 Å². The van der Waals surface area contributed by atoms with Crippen LogP contribution in [-0.2, 0) is 0 Å². The molecule has 3 amide bonds. The minimum atomic E-state index is -0.359. The number of hydrogen-bond acceptors (Lipinski definition) is 5. The van der Waals surface area contributed by atoms with Crippen molar-refractivity contribution in [2.24, 2.45) is 32.9 Å². The first-order valence-electron chi connectivity index (χ1n) is 11.9. The molecule has 0 fully saturated rings. The highest BCUT2D eigenvalue weighted by atomic mass is 16.2. The van der Waals surface area contributed by atoms with Gasteiger partial charge < -0.3 is 48.9 Å². The predicted molar refractivity (Wildman–Crippen MR) is 151 cm³/mol. The summed E-state index contributed by atoms with van der Waals surface area (Å²) in [4.78, 5) is 51.4. The fourth-order valence-electron chi connectivity index (χ4n) is 3.83. The van der Waals surface area contributed by atoms with E-state index in [0.29, 0.717) is 33.5 Å². The molecule has 14 nitrogen and oxygen atoms in total. The van der Waals surface area contributed by atoms with Gasteiger partial charge in [-0.05, 0) is 48.5 Å². The summed E-state index contributed by atoms with van der Waals surface area (Å²) in [6.07, 6.45) is 0. The molecule has 0 aliphatic heterocycles. The van der Waals surface area contributed by atoms with E-state index >= 15 is 0 Å². The van der Waals surface area contributed by atoms with Crippen LogP contribution in [0.3, 0.4) is 0 Å². The van der Waals surface area contributed by atoms with E-state index in [4.69, 9.17) is 22.9 Å². The van der Waals surface area contributed by atoms with Gasteiger partial charge in [0.2, 0.25) is 0 Å². The molecule has 4 aromatic rings. The van der Waals surface area contributed by atoms with Gasteiger partial charge in [-0.2, -0.15) is 0 Å². The molecule has 0 aliphatic rings. The zero-order valence-electron chi connectivity index (χ0n) is 20.9. The van der Waals surface area contributed by atoms with Crippen molar-refractivity contribution in [2.75, 3.05) is 31.5 Å². The first-order chi connectivity index (χ1) is 18.7. The molecule has 0 saturated heterocycles. The fourth-order valence-corrected chi connectivity index (χ4v) is 3.83. The number of hydrogen-bond donors (Lipinski definition) is 9. The van der Waals surface area contributed by atoms with Gasteiger partial charge in [-0.1, -0.05) is 0 Å². The van der Waals surface area contributed by atoms with Crippen LogP contribution in [0.2, 0.25) is 0 Å². The lowest BCUT2D eigenvalue weighted by Gasteiger charge is -2.03. The summed E-state index contributed by atoms with van der Waals surface area (Å²) < 4.78 is 0. The Hall–Kier alpha value is -5.53. The molecule has 0 aliphatic carbocycles. The summed E-state index contributed by atoms with van der Waals surface area (Å²) in [5.74, 6) is -1.02. The molecule has 0 bridgehead atoms. The van der Waals surface area contributed by atoms with Crippen LogP contribution in [0, 0.1) is 0 Å². The minimum Gasteiger partial charge on any atom is -0.370 e. The van der Waals surface area contributed by atoms with Crippen LogP contribution in [0.1, 0.15) is 31.3 Å². The van der Waals surface area contributed by atoms with Crippen molar-refractivity contribution >= 4 is 57.1 Å². The first kappa shape index (κ1) is 26.5. The largest absolute Gasteiger partial charge is 0.370 e. The van der Waals surface area contributed by atoms with Gasteiger partial charge >= 0.3 is 0 Å². The quantitative estimate of drug-likeness (QED) is 0.0763. The average molecular weight is 532 g/mol. The van der Waals surface area contributed by atoms with Crippen molar-refractivity contribution in [3.63, 3.8) is 0 Å². The van der Waals surface area contributed by atoms with Crippen LogP contribution >= 0.6 is 0 Å². The van der Waals surface area contributed by atoms with Gasteiger partial charge in [0.15, 0.2) is 11.9 Å². The average Bonchev–Trinajstić information content (AvgIpc) is 3.52. The molecule has 2 aromatic heterocycles. The van der Waals surface area contributed by atoms with Gasteiger partial charge in [0.1, 0.15) is 11.4 Å². The number of carbonyl (C=O) groups is 3. The first-order valence-corrected chi connectivity index (χ1v) is 11.9. The molecule has 13 N–H and O–H groups in total. The topological polar surface area (TPSA) is 248 Å². The van der Waals surface area contributed by atoms with Gasteiger partial charge in [-0.15, -0.1) is 0 Å². The molecule has 0 saturated carbocycles. The summed E-state index contributed by atoms with van der Waals surface area (Å²) >= 11 is 0. The number of H-pyrrole nitrogens is 2. The van der Waals surface area contributed by atoms with Crippen LogP contribution in [0.15, 0.2) is 58.5 Å². The molecule has 2 heterocycles. The van der Waals surface area contributed by atoms with E-state index in [1.807, 2.05) is 0 Å². The van der Waals surface area contributed by atoms with Crippen LogP contribution < -0.4 is 38.9 Å². The highest BCUT2D eigenvalue weighted by Crippen LogP contribution is 2.22. The number of carbonyl (C=O) groups excluding carboxylic acids is 3. The summed E-state index contributed by atoms with van der Waals surface area (Å²) in [7, 11) is 0. The summed E-state index contributed by atoms with van der Waals surface area (Å²) in [6, 6.07) is 13.7. The third-order valence-corrected chi connectivity index (χ3v) is 5.63. The Morgan fingerprint density at radius 2 is 1.21 bits per heavy atom. The molecular weight excluding hydrogens is 502 g/mol. The maximum absolute atomic E-state index is 12.9. The van der Waals surface area contributed by atoms with Crippen molar-refractivity contribution in [3.8, 4) is 0 Å². The number of nitrogens with zero attached hydrogens (tertiary/aromatic N) is 2. The van der Waals surface area contributed by atoms with E-state index in [9.17, 15) is 14.4 Å². The predicted octanol–water partition coefficient (Wildman–Crippen LogP) is -0.0921. The Morgan fingerprint density at radius 3 is 1.82 bits per heavy atom. The third-order valence-electron chi connectivity index (χ3n) is 5.63. The lowest BCUT2D eigenvalue weighted by atomic mass is 10.1. The fraction of sp³-hybridized carbons (Fsp3) is 0.160. The second kappa shape index (κ2) is 11.7. The van der Waals surface area contributed by atoms with Gasteiger partial charge in [0.05, 0.1) is 13.1 Å². The van der Waals surface area contributed by atoms with E-state index in [0.717, 1.165) is 10.9 Å². The van der Waals surface area contributed by atoms with Gasteiger partial charge in [0.25, 0.3) is 17.7 Å². The molecule has 0 atom stereocenters. The van der Waals surface area contributed by atoms with Gasteiger partial charge in [-0.25, -0.2) is 0 Å². The minimum absolute atomic E-state index is 0.0404. The second-order valence-electron chi connectivity index (χ2n) is 8.55. The van der Waals surface area contributed by atoms with Crippen LogP contribution in [0.25, 0.3) is 21.8 Å². The number of fused-ring (bicyclic) bond motifs is 2. The van der Waals surface area contributed by atoms with Crippen LogP contribution in [0.5, 0.6) is 0 Å². The van der Waals surface area contributed by atoms with Crippen molar-refractivity contribution in [1.82, 2.24) is 20.6 Å². The normalized spacial score (nSPS) is 10.7. The molecule has 0 spiro atoms. The SMILES string of the molecule is NC(N)=NCCNC(=O)c1ccc2[nH]c(C(=O)Nc3ccc4[nH]c(C(=O)NCCN=C(N)N)cc4c3)cc2c1. The second-order valence-corrected chi connectivity index (χ2v) is 8.55. The Kier molecular flexibility index (Phi) is 7.95. The number of rotatable bonds is 10. The highest BCUT2D eigenvalue weighted by Gasteiger charge is 2.14. The molecule has 0 radical (unpaired) electrons. The van der Waals surface area contributed by atoms with Crippen molar-refractivity contribution in [3.05, 3.63) is 65.5 Å². The molecule has 14 heteroatoms. The van der Waals surface area contributed by atoms with Crippen LogP contribution in [-0.4, -0.2) is 65.8 Å². The van der Waals surface area contributed by atoms with E-state index < -0.39 is 0 Å². The number of aliphatic imine (C=N–C) groups is 2. The molecule has 202 valence electrons. The monoisotopic (exact) mass is 531 g/mol. The van der Waals surface area contributed by atoms with E-state index in [-0.39, 0.29) is 55.8 Å². The number of aromatic amines is 2. The van der Waals surface area contributed by atoms with Gasteiger partial charge in [-0.3, -0.25) is 24.4 Å². The van der Waals surface area contributed by atoms with E-state index in [2.05, 4.69) is 35.9 Å². The number of anilines is 1. The smallest absolute Gasteiger partial charge is 0.272 e. The lowest BCUT2D eigenvalue weighted by molar-refractivity contribution is 0.0944. The van der Waals surface area contributed by atoms with Crippen LogP contribution in [0.4, 0.5) is 5.69 Å². The van der Waals surface area contributed by atoms with Crippen molar-refractivity contribution in [1.29, 1.82) is 0 Å².